The molecule has 1 aromatic heterocycles. The molecular weight excluding hydrogens is 266 g/mol. The van der Waals surface area contributed by atoms with Crippen LogP contribution in [0, 0.1) is 10.1 Å². The summed E-state index contributed by atoms with van der Waals surface area (Å²) in [5.74, 6) is -0.907. The summed E-state index contributed by atoms with van der Waals surface area (Å²) >= 11 is 0. The summed E-state index contributed by atoms with van der Waals surface area (Å²) in [6, 6.07) is 5.00. The minimum absolute atomic E-state index is 0.0237. The number of rotatable bonds is 5. The fourth-order valence-electron chi connectivity index (χ4n) is 1.47. The van der Waals surface area contributed by atoms with Gasteiger partial charge in [-0.25, -0.2) is 14.8 Å². The van der Waals surface area contributed by atoms with Crippen molar-refractivity contribution in [3.8, 4) is 5.75 Å². The second-order valence-corrected chi connectivity index (χ2v) is 3.70. The normalized spacial score (nSPS) is 10.0. The van der Waals surface area contributed by atoms with Gasteiger partial charge in [0.1, 0.15) is 17.9 Å². The number of hydrogen-bond donors (Lipinski definition) is 1. The first-order valence-electron chi connectivity index (χ1n) is 5.48. The molecule has 1 N–H and O–H groups in total. The zero-order valence-electron chi connectivity index (χ0n) is 10.1. The SMILES string of the molecule is O=C(O)c1cc([N+](=O)[O-])ccc1OCc1ncccn1. The molecule has 0 saturated carbocycles. The molecule has 2 aromatic rings. The molecule has 20 heavy (non-hydrogen) atoms. The highest BCUT2D eigenvalue weighted by atomic mass is 16.6. The highest BCUT2D eigenvalue weighted by Crippen LogP contribution is 2.24. The van der Waals surface area contributed by atoms with E-state index in [0.717, 1.165) is 6.07 Å². The van der Waals surface area contributed by atoms with Crippen LogP contribution in [0.5, 0.6) is 5.75 Å². The predicted octanol–water partition coefficient (Wildman–Crippen LogP) is 1.66. The Hall–Kier alpha value is -3.03. The molecule has 0 unspecified atom stereocenters. The maximum atomic E-state index is 11.1. The summed E-state index contributed by atoms with van der Waals surface area (Å²) in [6.45, 7) is -0.0288. The van der Waals surface area contributed by atoms with Gasteiger partial charge in [0.2, 0.25) is 0 Å². The van der Waals surface area contributed by atoms with Crippen LogP contribution in [0.4, 0.5) is 5.69 Å². The largest absolute Gasteiger partial charge is 0.485 e. The summed E-state index contributed by atoms with van der Waals surface area (Å²) in [4.78, 5) is 28.9. The van der Waals surface area contributed by atoms with E-state index in [0.29, 0.717) is 5.82 Å². The van der Waals surface area contributed by atoms with Gasteiger partial charge in [-0.05, 0) is 12.1 Å². The van der Waals surface area contributed by atoms with Crippen LogP contribution in [-0.4, -0.2) is 26.0 Å². The number of carboxylic acid groups (broad SMARTS) is 1. The quantitative estimate of drug-likeness (QED) is 0.651. The Kier molecular flexibility index (Phi) is 3.85. The Morgan fingerprint density at radius 2 is 2.05 bits per heavy atom. The van der Waals surface area contributed by atoms with E-state index in [4.69, 9.17) is 9.84 Å². The molecule has 0 aliphatic rings. The molecule has 0 radical (unpaired) electrons. The monoisotopic (exact) mass is 275 g/mol. The fourth-order valence-corrected chi connectivity index (χ4v) is 1.47. The average Bonchev–Trinajstić information content (AvgIpc) is 2.45. The van der Waals surface area contributed by atoms with E-state index in [-0.39, 0.29) is 23.6 Å². The van der Waals surface area contributed by atoms with Gasteiger partial charge in [-0.15, -0.1) is 0 Å². The molecule has 8 heteroatoms. The Bertz CT molecular complexity index is 645. The molecule has 2 rings (SSSR count). The molecule has 8 nitrogen and oxygen atoms in total. The topological polar surface area (TPSA) is 115 Å². The van der Waals surface area contributed by atoms with Crippen LogP contribution in [0.1, 0.15) is 16.2 Å². The lowest BCUT2D eigenvalue weighted by Crippen LogP contribution is -2.06. The van der Waals surface area contributed by atoms with Gasteiger partial charge in [-0.2, -0.15) is 0 Å². The minimum Gasteiger partial charge on any atom is -0.485 e. The summed E-state index contributed by atoms with van der Waals surface area (Å²) < 4.78 is 5.29. The molecule has 102 valence electrons. The van der Waals surface area contributed by atoms with Gasteiger partial charge in [0.15, 0.2) is 5.82 Å². The van der Waals surface area contributed by atoms with E-state index in [9.17, 15) is 14.9 Å². The molecule has 0 spiro atoms. The number of non-ortho nitro benzene ring substituents is 1. The molecule has 0 bridgehead atoms. The standard InChI is InChI=1S/C12H9N3O5/c16-12(17)9-6-8(15(18)19)2-3-10(9)20-7-11-13-4-1-5-14-11/h1-6H,7H2,(H,16,17). The summed E-state index contributed by atoms with van der Waals surface area (Å²) in [5, 5.41) is 19.7. The molecule has 0 aliphatic heterocycles. The molecule has 0 aliphatic carbocycles. The van der Waals surface area contributed by atoms with E-state index in [1.54, 1.807) is 6.07 Å². The minimum atomic E-state index is -1.31. The number of carbonyl (C=O) groups is 1. The van der Waals surface area contributed by atoms with Gasteiger partial charge < -0.3 is 9.84 Å². The van der Waals surface area contributed by atoms with Crippen molar-refractivity contribution in [3.63, 3.8) is 0 Å². The van der Waals surface area contributed by atoms with Gasteiger partial charge in [-0.1, -0.05) is 0 Å². The van der Waals surface area contributed by atoms with Gasteiger partial charge >= 0.3 is 5.97 Å². The number of nitro groups is 1. The second kappa shape index (κ2) is 5.74. The Labute approximate surface area is 112 Å². The van der Waals surface area contributed by atoms with Crippen molar-refractivity contribution < 1.29 is 19.6 Å². The fraction of sp³-hybridized carbons (Fsp3) is 0.0833. The highest BCUT2D eigenvalue weighted by molar-refractivity contribution is 5.91. The third-order valence-electron chi connectivity index (χ3n) is 2.38. The first-order chi connectivity index (χ1) is 9.58. The summed E-state index contributed by atoms with van der Waals surface area (Å²) in [7, 11) is 0. The van der Waals surface area contributed by atoms with Crippen molar-refractivity contribution in [1.82, 2.24) is 9.97 Å². The number of nitrogens with zero attached hydrogens (tertiary/aromatic N) is 3. The van der Waals surface area contributed by atoms with Crippen molar-refractivity contribution in [2.45, 2.75) is 6.61 Å². The Morgan fingerprint density at radius 3 is 2.65 bits per heavy atom. The third kappa shape index (κ3) is 3.05. The van der Waals surface area contributed by atoms with E-state index in [1.807, 2.05) is 0 Å². The zero-order chi connectivity index (χ0) is 14.5. The van der Waals surface area contributed by atoms with Crippen LogP contribution in [0.3, 0.4) is 0 Å². The number of benzene rings is 1. The lowest BCUT2D eigenvalue weighted by molar-refractivity contribution is -0.384. The highest BCUT2D eigenvalue weighted by Gasteiger charge is 2.17. The average molecular weight is 275 g/mol. The maximum Gasteiger partial charge on any atom is 0.339 e. The van der Waals surface area contributed by atoms with Crippen molar-refractivity contribution in [2.24, 2.45) is 0 Å². The molecule has 1 aromatic carbocycles. The van der Waals surface area contributed by atoms with E-state index in [1.165, 1.54) is 24.5 Å². The predicted molar refractivity (Wildman–Crippen MR) is 66.4 cm³/mol. The van der Waals surface area contributed by atoms with Gasteiger partial charge in [0.05, 0.1) is 4.92 Å². The van der Waals surface area contributed by atoms with Crippen LogP contribution in [0.2, 0.25) is 0 Å². The lowest BCUT2D eigenvalue weighted by atomic mass is 10.2. The van der Waals surface area contributed by atoms with Crippen molar-refractivity contribution >= 4 is 11.7 Å². The molecule has 0 saturated heterocycles. The van der Waals surface area contributed by atoms with Crippen molar-refractivity contribution in [2.75, 3.05) is 0 Å². The van der Waals surface area contributed by atoms with E-state index < -0.39 is 10.9 Å². The molecule has 0 atom stereocenters. The van der Waals surface area contributed by atoms with Crippen LogP contribution < -0.4 is 4.74 Å². The summed E-state index contributed by atoms with van der Waals surface area (Å²) in [5.41, 5.74) is -0.596. The number of carboxylic acids is 1. The first-order valence-corrected chi connectivity index (χ1v) is 5.48. The van der Waals surface area contributed by atoms with Crippen LogP contribution in [-0.2, 0) is 6.61 Å². The van der Waals surface area contributed by atoms with Gasteiger partial charge in [0, 0.05) is 24.5 Å². The number of nitro benzene ring substituents is 1. The van der Waals surface area contributed by atoms with Crippen LogP contribution in [0.25, 0.3) is 0 Å². The Balaban J connectivity index is 2.23. The first kappa shape index (κ1) is 13.4. The Morgan fingerprint density at radius 1 is 1.35 bits per heavy atom. The molecule has 1 heterocycles. The van der Waals surface area contributed by atoms with Crippen molar-refractivity contribution in [3.05, 3.63) is 58.2 Å². The van der Waals surface area contributed by atoms with E-state index in [2.05, 4.69) is 9.97 Å². The second-order valence-electron chi connectivity index (χ2n) is 3.70. The lowest BCUT2D eigenvalue weighted by Gasteiger charge is -2.07. The number of hydrogen-bond acceptors (Lipinski definition) is 6. The number of ether oxygens (including phenoxy) is 1. The van der Waals surface area contributed by atoms with E-state index >= 15 is 0 Å². The maximum absolute atomic E-state index is 11.1. The third-order valence-corrected chi connectivity index (χ3v) is 2.38. The number of aromatic nitrogens is 2. The summed E-state index contributed by atoms with van der Waals surface area (Å²) in [6.07, 6.45) is 3.05. The number of aromatic carboxylic acids is 1. The zero-order valence-corrected chi connectivity index (χ0v) is 10.1. The van der Waals surface area contributed by atoms with Gasteiger partial charge in [0.25, 0.3) is 5.69 Å². The molecule has 0 fully saturated rings. The molecule has 0 amide bonds. The van der Waals surface area contributed by atoms with Gasteiger partial charge in [-0.3, -0.25) is 10.1 Å². The van der Waals surface area contributed by atoms with Crippen LogP contribution >= 0.6 is 0 Å². The molecular formula is C12H9N3O5. The van der Waals surface area contributed by atoms with Crippen molar-refractivity contribution in [1.29, 1.82) is 0 Å². The smallest absolute Gasteiger partial charge is 0.339 e. The van der Waals surface area contributed by atoms with Crippen LogP contribution in [0.15, 0.2) is 36.7 Å².